The van der Waals surface area contributed by atoms with Gasteiger partial charge in [0.2, 0.25) is 12.0 Å². The molecule has 0 unspecified atom stereocenters. The van der Waals surface area contributed by atoms with Crippen molar-refractivity contribution >= 4 is 39.8 Å². The predicted octanol–water partition coefficient (Wildman–Crippen LogP) is 3.61. The van der Waals surface area contributed by atoms with Crippen molar-refractivity contribution < 1.29 is 14.3 Å². The number of hydrogen-bond acceptors (Lipinski definition) is 6. The standard InChI is InChI=1S/C19H18N4O3S/c20-16-13(8-11-6-7-14-15(9-11)26-10-25-14)17(24)21-19-23(16)22-18(27-19)12-4-2-1-3-5-12/h6-9,12,20H,1-5,10H2/b13-8-,20-16?. The Kier molecular flexibility index (Phi) is 4.00. The molecule has 0 spiro atoms. The van der Waals surface area contributed by atoms with Crippen LogP contribution in [0.1, 0.15) is 37.7 Å². The Bertz CT molecular complexity index is 931. The van der Waals surface area contributed by atoms with E-state index in [0.29, 0.717) is 22.6 Å². The Morgan fingerprint density at radius 2 is 2.00 bits per heavy atom. The molecule has 1 saturated carbocycles. The minimum Gasteiger partial charge on any atom is -0.454 e. The molecule has 27 heavy (non-hydrogen) atoms. The average Bonchev–Trinajstić information content (AvgIpc) is 3.32. The molecule has 5 rings (SSSR count). The van der Waals surface area contributed by atoms with Crippen molar-refractivity contribution in [3.05, 3.63) is 29.3 Å². The van der Waals surface area contributed by atoms with Gasteiger partial charge in [0.05, 0.1) is 5.57 Å². The van der Waals surface area contributed by atoms with Gasteiger partial charge in [0.1, 0.15) is 5.04 Å². The van der Waals surface area contributed by atoms with Crippen LogP contribution in [0.4, 0.5) is 0 Å². The lowest BCUT2D eigenvalue weighted by molar-refractivity contribution is -0.114. The van der Waals surface area contributed by atoms with Crippen molar-refractivity contribution in [2.24, 2.45) is 16.0 Å². The van der Waals surface area contributed by atoms with E-state index in [2.05, 4.69) is 10.1 Å². The summed E-state index contributed by atoms with van der Waals surface area (Å²) in [6.45, 7) is 0.196. The number of benzene rings is 1. The fourth-order valence-electron chi connectivity index (χ4n) is 3.69. The minimum atomic E-state index is -0.406. The average molecular weight is 382 g/mol. The largest absolute Gasteiger partial charge is 0.454 e. The van der Waals surface area contributed by atoms with E-state index in [1.54, 1.807) is 18.2 Å². The maximum atomic E-state index is 12.5. The lowest BCUT2D eigenvalue weighted by Gasteiger charge is -2.20. The quantitative estimate of drug-likeness (QED) is 0.790. The summed E-state index contributed by atoms with van der Waals surface area (Å²) >= 11 is 1.43. The SMILES string of the molecule is N=C1/C(=C/c2ccc3c(c2)OCO3)C(=O)N=C2SC(C3CCCCC3)=NN12. The van der Waals surface area contributed by atoms with Crippen LogP contribution in [0.3, 0.4) is 0 Å². The zero-order valence-electron chi connectivity index (χ0n) is 14.6. The highest BCUT2D eigenvalue weighted by Crippen LogP contribution is 2.37. The van der Waals surface area contributed by atoms with Gasteiger partial charge in [0.15, 0.2) is 17.3 Å². The third kappa shape index (κ3) is 2.93. The molecular weight excluding hydrogens is 364 g/mol. The van der Waals surface area contributed by atoms with E-state index in [1.165, 1.54) is 36.0 Å². The first kappa shape index (κ1) is 16.6. The van der Waals surface area contributed by atoms with Gasteiger partial charge in [-0.05, 0) is 48.4 Å². The maximum absolute atomic E-state index is 12.5. The van der Waals surface area contributed by atoms with Crippen LogP contribution >= 0.6 is 11.8 Å². The molecule has 1 aromatic carbocycles. The molecular formula is C19H18N4O3S. The molecule has 0 aromatic heterocycles. The molecule has 1 fully saturated rings. The maximum Gasteiger partial charge on any atom is 0.283 e. The van der Waals surface area contributed by atoms with Gasteiger partial charge in [-0.25, -0.2) is 0 Å². The number of hydrazone groups is 1. The molecule has 7 nitrogen and oxygen atoms in total. The molecule has 138 valence electrons. The molecule has 0 radical (unpaired) electrons. The van der Waals surface area contributed by atoms with Gasteiger partial charge < -0.3 is 9.47 Å². The van der Waals surface area contributed by atoms with E-state index in [9.17, 15) is 4.79 Å². The normalized spacial score (nSPS) is 23.6. The third-order valence-corrected chi connectivity index (χ3v) is 6.20. The first-order valence-corrected chi connectivity index (χ1v) is 9.90. The van der Waals surface area contributed by atoms with Gasteiger partial charge in [0, 0.05) is 5.92 Å². The van der Waals surface area contributed by atoms with Gasteiger partial charge in [-0.2, -0.15) is 15.1 Å². The summed E-state index contributed by atoms with van der Waals surface area (Å²) in [4.78, 5) is 16.7. The Balaban J connectivity index is 1.44. The highest BCUT2D eigenvalue weighted by molar-refractivity contribution is 8.27. The number of nitrogens with zero attached hydrogens (tertiary/aromatic N) is 3. The Morgan fingerprint density at radius 1 is 1.19 bits per heavy atom. The molecule has 1 amide bonds. The molecule has 1 aliphatic carbocycles. The van der Waals surface area contributed by atoms with E-state index in [1.807, 2.05) is 6.07 Å². The van der Waals surface area contributed by atoms with Crippen LogP contribution in [0.25, 0.3) is 6.08 Å². The Labute approximate surface area is 160 Å². The molecule has 1 N–H and O–H groups in total. The third-order valence-electron chi connectivity index (χ3n) is 5.13. The van der Waals surface area contributed by atoms with Crippen LogP contribution in [0, 0.1) is 11.3 Å². The van der Waals surface area contributed by atoms with Gasteiger partial charge in [-0.3, -0.25) is 10.2 Å². The zero-order valence-corrected chi connectivity index (χ0v) is 15.4. The summed E-state index contributed by atoms with van der Waals surface area (Å²) in [6, 6.07) is 5.42. The van der Waals surface area contributed by atoms with Gasteiger partial charge in [-0.1, -0.05) is 25.3 Å². The number of rotatable bonds is 2. The summed E-state index contributed by atoms with van der Waals surface area (Å²) in [6.07, 6.45) is 7.59. The number of carbonyl (C=O) groups excluding carboxylic acids is 1. The monoisotopic (exact) mass is 382 g/mol. The number of ether oxygens (including phenoxy) is 2. The lowest BCUT2D eigenvalue weighted by atomic mass is 9.90. The van der Waals surface area contributed by atoms with Crippen molar-refractivity contribution in [3.8, 4) is 11.5 Å². The van der Waals surface area contributed by atoms with Crippen molar-refractivity contribution in [1.29, 1.82) is 5.41 Å². The van der Waals surface area contributed by atoms with Crippen LogP contribution in [0.15, 0.2) is 33.9 Å². The van der Waals surface area contributed by atoms with Crippen LogP contribution < -0.4 is 9.47 Å². The molecule has 4 aliphatic rings. The molecule has 3 heterocycles. The molecule has 8 heteroatoms. The van der Waals surface area contributed by atoms with Crippen molar-refractivity contribution in [2.45, 2.75) is 32.1 Å². The second-order valence-corrected chi connectivity index (χ2v) is 7.89. The zero-order chi connectivity index (χ0) is 18.4. The summed E-state index contributed by atoms with van der Waals surface area (Å²) in [7, 11) is 0. The fourth-order valence-corrected chi connectivity index (χ4v) is 4.75. The van der Waals surface area contributed by atoms with Crippen molar-refractivity contribution in [1.82, 2.24) is 5.01 Å². The van der Waals surface area contributed by atoms with Gasteiger partial charge in [0.25, 0.3) is 5.91 Å². The molecule has 0 saturated heterocycles. The fraction of sp³-hybridized carbons (Fsp3) is 0.368. The highest BCUT2D eigenvalue weighted by Gasteiger charge is 2.37. The number of amides is 1. The second kappa shape index (κ2) is 6.53. The first-order valence-electron chi connectivity index (χ1n) is 9.09. The number of carbonyl (C=O) groups is 1. The highest BCUT2D eigenvalue weighted by atomic mass is 32.2. The number of thioether (sulfide) groups is 1. The van der Waals surface area contributed by atoms with Crippen molar-refractivity contribution in [2.75, 3.05) is 6.79 Å². The molecule has 0 atom stereocenters. The first-order chi connectivity index (χ1) is 13.2. The lowest BCUT2D eigenvalue weighted by Crippen LogP contribution is -2.35. The van der Waals surface area contributed by atoms with Crippen molar-refractivity contribution in [3.63, 3.8) is 0 Å². The van der Waals surface area contributed by atoms with Crippen LogP contribution in [-0.4, -0.2) is 33.8 Å². The number of hydrogen-bond donors (Lipinski definition) is 1. The summed E-state index contributed by atoms with van der Waals surface area (Å²) in [5.41, 5.74) is 0.987. The number of fused-ring (bicyclic) bond motifs is 2. The minimum absolute atomic E-state index is 0.0703. The van der Waals surface area contributed by atoms with E-state index >= 15 is 0 Å². The smallest absolute Gasteiger partial charge is 0.283 e. The van der Waals surface area contributed by atoms with E-state index in [4.69, 9.17) is 14.9 Å². The summed E-state index contributed by atoms with van der Waals surface area (Å²) in [5.74, 6) is 1.40. The number of amidine groups is 2. The van der Waals surface area contributed by atoms with E-state index in [0.717, 1.165) is 23.4 Å². The molecule has 3 aliphatic heterocycles. The summed E-state index contributed by atoms with van der Waals surface area (Å²) < 4.78 is 10.7. The van der Waals surface area contributed by atoms with Crippen LogP contribution in [0.2, 0.25) is 0 Å². The predicted molar refractivity (Wildman–Crippen MR) is 104 cm³/mol. The Hall–Kier alpha value is -2.61. The summed E-state index contributed by atoms with van der Waals surface area (Å²) in [5, 5.41) is 16.1. The van der Waals surface area contributed by atoms with Crippen LogP contribution in [0.5, 0.6) is 11.5 Å². The van der Waals surface area contributed by atoms with E-state index in [-0.39, 0.29) is 18.2 Å². The van der Waals surface area contributed by atoms with Crippen LogP contribution in [-0.2, 0) is 4.79 Å². The molecule has 1 aromatic rings. The van der Waals surface area contributed by atoms with Gasteiger partial charge in [-0.15, -0.1) is 0 Å². The van der Waals surface area contributed by atoms with Gasteiger partial charge >= 0.3 is 0 Å². The Morgan fingerprint density at radius 3 is 2.85 bits per heavy atom. The number of aliphatic imine (C=N–C) groups is 1. The molecule has 0 bridgehead atoms. The number of nitrogens with one attached hydrogen (secondary N) is 1. The topological polar surface area (TPSA) is 87.3 Å². The second-order valence-electron chi connectivity index (χ2n) is 6.91. The van der Waals surface area contributed by atoms with E-state index < -0.39 is 5.91 Å².